The molecule has 0 aliphatic heterocycles. The smallest absolute Gasteiger partial charge is 0.242 e. The summed E-state index contributed by atoms with van der Waals surface area (Å²) >= 11 is 0. The second kappa shape index (κ2) is 4.84. The molecule has 0 radical (unpaired) electrons. The normalized spacial score (nSPS) is 15.0. The lowest BCUT2D eigenvalue weighted by Crippen LogP contribution is -2.48. The quantitative estimate of drug-likeness (QED) is 0.500. The van der Waals surface area contributed by atoms with Crippen LogP contribution in [-0.4, -0.2) is 47.9 Å². The highest BCUT2D eigenvalue weighted by atomic mass is 16.3. The van der Waals surface area contributed by atoms with Crippen molar-refractivity contribution in [1.29, 1.82) is 0 Å². The zero-order valence-corrected chi connectivity index (χ0v) is 7.23. The Morgan fingerprint density at radius 2 is 2.25 bits per heavy atom. The average Bonchev–Trinajstić information content (AvgIpc) is 2.02. The van der Waals surface area contributed by atoms with E-state index in [0.29, 0.717) is 6.29 Å². The van der Waals surface area contributed by atoms with Crippen LogP contribution in [0.2, 0.25) is 0 Å². The topological polar surface area (TPSA) is 83.6 Å². The number of likely N-dealkylation sites (N-methyl/N-ethyl adjacent to an activating group) is 1. The minimum atomic E-state index is -0.949. The molecule has 0 aromatic heterocycles. The van der Waals surface area contributed by atoms with E-state index in [9.17, 15) is 9.59 Å². The van der Waals surface area contributed by atoms with Crippen molar-refractivity contribution in [2.75, 3.05) is 13.6 Å². The number of aldehydes is 1. The maximum atomic E-state index is 11.2. The minimum Gasteiger partial charge on any atom is -0.391 e. The second-order valence-electron chi connectivity index (χ2n) is 2.65. The second-order valence-corrected chi connectivity index (χ2v) is 2.65. The van der Waals surface area contributed by atoms with E-state index in [0.717, 1.165) is 0 Å². The van der Waals surface area contributed by atoms with Crippen LogP contribution in [0.3, 0.4) is 0 Å². The zero-order chi connectivity index (χ0) is 9.72. The number of hydrogen-bond donors (Lipinski definition) is 2. The van der Waals surface area contributed by atoms with Crippen LogP contribution >= 0.6 is 0 Å². The average molecular weight is 174 g/mol. The third-order valence-corrected chi connectivity index (χ3v) is 1.53. The van der Waals surface area contributed by atoms with Gasteiger partial charge in [0.25, 0.3) is 0 Å². The van der Waals surface area contributed by atoms with Crippen LogP contribution in [0.25, 0.3) is 0 Å². The Morgan fingerprint density at radius 3 is 2.58 bits per heavy atom. The molecule has 2 atom stereocenters. The molecule has 3 N–H and O–H groups in total. The number of carbonyl (C=O) groups excluding carboxylic acids is 2. The molecule has 5 heteroatoms. The molecule has 0 spiro atoms. The van der Waals surface area contributed by atoms with Gasteiger partial charge in [0, 0.05) is 7.05 Å². The van der Waals surface area contributed by atoms with E-state index < -0.39 is 18.1 Å². The van der Waals surface area contributed by atoms with Crippen molar-refractivity contribution in [2.24, 2.45) is 5.73 Å². The number of hydrogen-bond acceptors (Lipinski definition) is 4. The molecule has 12 heavy (non-hydrogen) atoms. The molecule has 0 saturated heterocycles. The van der Waals surface area contributed by atoms with Gasteiger partial charge in [-0.25, -0.2) is 0 Å². The molecular weight excluding hydrogens is 160 g/mol. The first kappa shape index (κ1) is 11.1. The predicted octanol–water partition coefficient (Wildman–Crippen LogP) is -1.65. The van der Waals surface area contributed by atoms with Crippen molar-refractivity contribution in [3.63, 3.8) is 0 Å². The Kier molecular flexibility index (Phi) is 4.46. The Bertz CT molecular complexity index is 170. The fraction of sp³-hybridized carbons (Fsp3) is 0.714. The van der Waals surface area contributed by atoms with E-state index in [4.69, 9.17) is 10.8 Å². The SMILES string of the molecule is C[C@H](O)[C@H](N)C(=O)N(C)CC=O. The molecule has 0 aliphatic rings. The van der Waals surface area contributed by atoms with Crippen LogP contribution in [0, 0.1) is 0 Å². The summed E-state index contributed by atoms with van der Waals surface area (Å²) in [5.41, 5.74) is 5.33. The van der Waals surface area contributed by atoms with Gasteiger partial charge in [-0.05, 0) is 6.92 Å². The van der Waals surface area contributed by atoms with Crippen LogP contribution in [-0.2, 0) is 9.59 Å². The van der Waals surface area contributed by atoms with Crippen molar-refractivity contribution < 1.29 is 14.7 Å². The van der Waals surface area contributed by atoms with Crippen LogP contribution < -0.4 is 5.73 Å². The first-order chi connectivity index (χ1) is 5.50. The Balaban J connectivity index is 4.08. The van der Waals surface area contributed by atoms with E-state index in [1.165, 1.54) is 18.9 Å². The van der Waals surface area contributed by atoms with Gasteiger partial charge in [0.2, 0.25) is 5.91 Å². The van der Waals surface area contributed by atoms with Crippen molar-refractivity contribution in [1.82, 2.24) is 4.90 Å². The number of carbonyl (C=O) groups is 2. The van der Waals surface area contributed by atoms with Crippen molar-refractivity contribution in [3.8, 4) is 0 Å². The summed E-state index contributed by atoms with van der Waals surface area (Å²) in [4.78, 5) is 22.3. The lowest BCUT2D eigenvalue weighted by molar-refractivity contribution is -0.135. The van der Waals surface area contributed by atoms with Gasteiger partial charge in [-0.2, -0.15) is 0 Å². The predicted molar refractivity (Wildman–Crippen MR) is 43.4 cm³/mol. The molecule has 0 aliphatic carbocycles. The van der Waals surface area contributed by atoms with Gasteiger partial charge in [0.15, 0.2) is 0 Å². The summed E-state index contributed by atoms with van der Waals surface area (Å²) in [7, 11) is 1.46. The third kappa shape index (κ3) is 2.98. The van der Waals surface area contributed by atoms with E-state index >= 15 is 0 Å². The summed E-state index contributed by atoms with van der Waals surface area (Å²) in [6.45, 7) is 1.43. The molecule has 0 aromatic rings. The van der Waals surface area contributed by atoms with Crippen LogP contribution in [0.1, 0.15) is 6.92 Å². The fourth-order valence-electron chi connectivity index (χ4n) is 0.663. The van der Waals surface area contributed by atoms with Crippen LogP contribution in [0.15, 0.2) is 0 Å². The monoisotopic (exact) mass is 174 g/mol. The summed E-state index contributed by atoms with van der Waals surface area (Å²) in [5, 5.41) is 8.95. The number of rotatable bonds is 4. The van der Waals surface area contributed by atoms with Gasteiger partial charge < -0.3 is 20.5 Å². The molecule has 5 nitrogen and oxygen atoms in total. The van der Waals surface area contributed by atoms with Crippen molar-refractivity contribution in [3.05, 3.63) is 0 Å². The molecular formula is C7H14N2O3. The van der Waals surface area contributed by atoms with Gasteiger partial charge in [-0.3, -0.25) is 4.79 Å². The third-order valence-electron chi connectivity index (χ3n) is 1.53. The number of aliphatic hydroxyl groups is 1. The number of aliphatic hydroxyl groups excluding tert-OH is 1. The first-order valence-corrected chi connectivity index (χ1v) is 3.63. The van der Waals surface area contributed by atoms with E-state index in [1.54, 1.807) is 0 Å². The molecule has 0 unspecified atom stereocenters. The summed E-state index contributed by atoms with van der Waals surface area (Å²) in [6.07, 6.45) is -0.293. The van der Waals surface area contributed by atoms with E-state index in [1.807, 2.05) is 0 Å². The molecule has 0 aromatic carbocycles. The van der Waals surface area contributed by atoms with Gasteiger partial charge in [-0.1, -0.05) is 0 Å². The maximum absolute atomic E-state index is 11.2. The molecule has 0 fully saturated rings. The highest BCUT2D eigenvalue weighted by molar-refractivity contribution is 5.83. The van der Waals surface area contributed by atoms with E-state index in [2.05, 4.69) is 0 Å². The molecule has 0 heterocycles. The largest absolute Gasteiger partial charge is 0.391 e. The van der Waals surface area contributed by atoms with Gasteiger partial charge >= 0.3 is 0 Å². The molecule has 1 amide bonds. The first-order valence-electron chi connectivity index (χ1n) is 3.63. The highest BCUT2D eigenvalue weighted by Gasteiger charge is 2.21. The van der Waals surface area contributed by atoms with Crippen molar-refractivity contribution >= 4 is 12.2 Å². The van der Waals surface area contributed by atoms with Gasteiger partial charge in [0.05, 0.1) is 12.6 Å². The molecule has 0 rings (SSSR count). The molecule has 0 bridgehead atoms. The molecule has 0 saturated carbocycles. The van der Waals surface area contributed by atoms with Crippen LogP contribution in [0.4, 0.5) is 0 Å². The summed E-state index contributed by atoms with van der Waals surface area (Å²) in [6, 6.07) is -0.949. The summed E-state index contributed by atoms with van der Waals surface area (Å²) < 4.78 is 0. The molecule has 70 valence electrons. The highest BCUT2D eigenvalue weighted by Crippen LogP contribution is 1.93. The lowest BCUT2D eigenvalue weighted by atomic mass is 10.2. The lowest BCUT2D eigenvalue weighted by Gasteiger charge is -2.20. The number of nitrogens with two attached hydrogens (primary N) is 1. The van der Waals surface area contributed by atoms with Crippen molar-refractivity contribution in [2.45, 2.75) is 19.1 Å². The van der Waals surface area contributed by atoms with Gasteiger partial charge in [0.1, 0.15) is 12.3 Å². The minimum absolute atomic E-state index is 0.000741. The number of nitrogens with zero attached hydrogens (tertiary/aromatic N) is 1. The standard InChI is InChI=1S/C7H14N2O3/c1-5(11)6(8)7(12)9(2)3-4-10/h4-6,11H,3,8H2,1-2H3/t5-,6-/m0/s1. The van der Waals surface area contributed by atoms with Gasteiger partial charge in [-0.15, -0.1) is 0 Å². The Labute approximate surface area is 71.1 Å². The maximum Gasteiger partial charge on any atom is 0.242 e. The summed E-state index contributed by atoms with van der Waals surface area (Å²) in [5.74, 6) is -0.433. The van der Waals surface area contributed by atoms with Crippen LogP contribution in [0.5, 0.6) is 0 Å². The number of amides is 1. The Hall–Kier alpha value is -0.940. The zero-order valence-electron chi connectivity index (χ0n) is 7.23. The Morgan fingerprint density at radius 1 is 1.75 bits per heavy atom. The van der Waals surface area contributed by atoms with E-state index in [-0.39, 0.29) is 6.54 Å². The fourth-order valence-corrected chi connectivity index (χ4v) is 0.663.